The minimum Gasteiger partial charge on any atom is -0.497 e. The van der Waals surface area contributed by atoms with Gasteiger partial charge in [0.05, 0.1) is 13.3 Å². The lowest BCUT2D eigenvalue weighted by Crippen LogP contribution is -2.58. The molecule has 0 saturated carbocycles. The molecule has 3 rings (SSSR count). The van der Waals surface area contributed by atoms with Crippen LogP contribution in [0.4, 0.5) is 5.82 Å². The van der Waals surface area contributed by atoms with Crippen LogP contribution in [0.2, 0.25) is 0 Å². The number of likely N-dealkylation sites (tertiary alicyclic amines) is 1. The predicted octanol–water partition coefficient (Wildman–Crippen LogP) is 1.96. The summed E-state index contributed by atoms with van der Waals surface area (Å²) < 4.78 is 7.09. The van der Waals surface area contributed by atoms with Crippen LogP contribution < -0.4 is 10.1 Å². The van der Waals surface area contributed by atoms with Crippen LogP contribution in [0, 0.1) is 0 Å². The molecule has 1 N–H and O–H groups in total. The molecule has 1 amide bonds. The van der Waals surface area contributed by atoms with Gasteiger partial charge in [0.2, 0.25) is 5.91 Å². The molecule has 2 aromatic rings. The minimum absolute atomic E-state index is 0.115. The van der Waals surface area contributed by atoms with E-state index in [4.69, 9.17) is 4.74 Å². The molecular formula is C20H29N5O2. The van der Waals surface area contributed by atoms with Crippen molar-refractivity contribution in [2.45, 2.75) is 24.9 Å². The number of hydrogen-bond acceptors (Lipinski definition) is 5. The molecule has 7 heteroatoms. The van der Waals surface area contributed by atoms with E-state index in [9.17, 15) is 4.79 Å². The number of likely N-dealkylation sites (N-methyl/N-ethyl adjacent to an activating group) is 1. The van der Waals surface area contributed by atoms with E-state index in [1.54, 1.807) is 22.9 Å². The van der Waals surface area contributed by atoms with Crippen molar-refractivity contribution >= 4 is 11.7 Å². The van der Waals surface area contributed by atoms with Gasteiger partial charge in [-0.2, -0.15) is 5.10 Å². The van der Waals surface area contributed by atoms with Gasteiger partial charge in [-0.15, -0.1) is 0 Å². The number of rotatable bonds is 6. The van der Waals surface area contributed by atoms with E-state index in [1.807, 2.05) is 39.3 Å². The Kier molecular flexibility index (Phi) is 5.70. The molecule has 7 nitrogen and oxygen atoms in total. The lowest BCUT2D eigenvalue weighted by atomic mass is 9.85. The van der Waals surface area contributed by atoms with Gasteiger partial charge >= 0.3 is 0 Å². The first-order chi connectivity index (χ1) is 12.9. The van der Waals surface area contributed by atoms with Crippen LogP contribution in [0.5, 0.6) is 5.75 Å². The molecule has 0 bridgehead atoms. The molecule has 1 aliphatic rings. The van der Waals surface area contributed by atoms with Gasteiger partial charge in [-0.3, -0.25) is 14.4 Å². The van der Waals surface area contributed by atoms with Crippen molar-refractivity contribution in [3.8, 4) is 5.75 Å². The fraction of sp³-hybridized carbons (Fsp3) is 0.500. The lowest BCUT2D eigenvalue weighted by Gasteiger charge is -2.42. The van der Waals surface area contributed by atoms with Crippen LogP contribution in [-0.4, -0.2) is 65.3 Å². The SMILES string of the molecule is COc1cccc(CN2CCC(Nc3ccnn3C)(C(=O)N(C)C)CC2)c1. The van der Waals surface area contributed by atoms with E-state index in [2.05, 4.69) is 27.4 Å². The average Bonchev–Trinajstić information content (AvgIpc) is 3.07. The number of ether oxygens (including phenoxy) is 1. The summed E-state index contributed by atoms with van der Waals surface area (Å²) in [4.78, 5) is 17.1. The number of carbonyl (C=O) groups is 1. The molecular weight excluding hydrogens is 342 g/mol. The van der Waals surface area contributed by atoms with E-state index in [0.29, 0.717) is 0 Å². The van der Waals surface area contributed by atoms with Crippen molar-refractivity contribution in [1.29, 1.82) is 0 Å². The van der Waals surface area contributed by atoms with Crippen molar-refractivity contribution in [2.75, 3.05) is 39.6 Å². The third-order valence-corrected chi connectivity index (χ3v) is 5.25. The van der Waals surface area contributed by atoms with E-state index in [0.717, 1.165) is 44.0 Å². The number of benzene rings is 1. The van der Waals surface area contributed by atoms with Crippen molar-refractivity contribution < 1.29 is 9.53 Å². The topological polar surface area (TPSA) is 62.6 Å². The average molecular weight is 371 g/mol. The van der Waals surface area contributed by atoms with Crippen LogP contribution in [0.1, 0.15) is 18.4 Å². The molecule has 2 heterocycles. The highest BCUT2D eigenvalue weighted by molar-refractivity contribution is 5.89. The van der Waals surface area contributed by atoms with Gasteiger partial charge in [-0.05, 0) is 30.5 Å². The summed E-state index contributed by atoms with van der Waals surface area (Å²) in [5.41, 5.74) is 0.628. The zero-order valence-electron chi connectivity index (χ0n) is 16.6. The van der Waals surface area contributed by atoms with Gasteiger partial charge < -0.3 is 15.0 Å². The number of aromatic nitrogens is 2. The van der Waals surface area contributed by atoms with Crippen LogP contribution in [0.15, 0.2) is 36.5 Å². The van der Waals surface area contributed by atoms with Crippen molar-refractivity contribution in [1.82, 2.24) is 19.6 Å². The van der Waals surface area contributed by atoms with Crippen LogP contribution >= 0.6 is 0 Å². The van der Waals surface area contributed by atoms with Gasteiger partial charge in [-0.1, -0.05) is 12.1 Å². The van der Waals surface area contributed by atoms with Crippen molar-refractivity contribution in [3.05, 3.63) is 42.1 Å². The number of carbonyl (C=O) groups excluding carboxylic acids is 1. The highest BCUT2D eigenvalue weighted by atomic mass is 16.5. The molecule has 146 valence electrons. The monoisotopic (exact) mass is 371 g/mol. The Bertz CT molecular complexity index is 778. The first-order valence-electron chi connectivity index (χ1n) is 9.27. The molecule has 0 unspecified atom stereocenters. The largest absolute Gasteiger partial charge is 0.497 e. The number of piperidine rings is 1. The summed E-state index contributed by atoms with van der Waals surface area (Å²) in [5, 5.41) is 7.70. The summed E-state index contributed by atoms with van der Waals surface area (Å²) in [6.07, 6.45) is 3.24. The Morgan fingerprint density at radius 1 is 1.30 bits per heavy atom. The summed E-state index contributed by atoms with van der Waals surface area (Å²) >= 11 is 0. The molecule has 1 fully saturated rings. The van der Waals surface area contributed by atoms with E-state index >= 15 is 0 Å². The second-order valence-corrected chi connectivity index (χ2v) is 7.37. The summed E-state index contributed by atoms with van der Waals surface area (Å²) in [7, 11) is 7.20. The zero-order valence-corrected chi connectivity index (χ0v) is 16.6. The predicted molar refractivity (Wildman–Crippen MR) is 106 cm³/mol. The number of nitrogens with one attached hydrogen (secondary N) is 1. The third-order valence-electron chi connectivity index (χ3n) is 5.25. The summed E-state index contributed by atoms with van der Waals surface area (Å²) in [6.45, 7) is 2.55. The van der Waals surface area contributed by atoms with Crippen LogP contribution in [-0.2, 0) is 18.4 Å². The maximum atomic E-state index is 13.0. The van der Waals surface area contributed by atoms with Gasteiger partial charge in [-0.25, -0.2) is 0 Å². The Morgan fingerprint density at radius 2 is 2.04 bits per heavy atom. The number of nitrogens with zero attached hydrogens (tertiary/aromatic N) is 4. The number of methoxy groups -OCH3 is 1. The number of amides is 1. The molecule has 1 aromatic heterocycles. The number of aryl methyl sites for hydroxylation is 1. The van der Waals surface area contributed by atoms with E-state index in [1.165, 1.54) is 5.56 Å². The fourth-order valence-electron chi connectivity index (χ4n) is 3.68. The molecule has 27 heavy (non-hydrogen) atoms. The zero-order chi connectivity index (χ0) is 19.4. The second kappa shape index (κ2) is 8.00. The molecule has 0 aliphatic carbocycles. The van der Waals surface area contributed by atoms with Crippen molar-refractivity contribution in [2.24, 2.45) is 7.05 Å². The Morgan fingerprint density at radius 3 is 2.63 bits per heavy atom. The van der Waals surface area contributed by atoms with Crippen LogP contribution in [0.25, 0.3) is 0 Å². The first-order valence-corrected chi connectivity index (χ1v) is 9.27. The fourth-order valence-corrected chi connectivity index (χ4v) is 3.68. The second-order valence-electron chi connectivity index (χ2n) is 7.37. The van der Waals surface area contributed by atoms with Crippen molar-refractivity contribution in [3.63, 3.8) is 0 Å². The Balaban J connectivity index is 1.71. The standard InChI is InChI=1S/C20H29N5O2/c1-23(2)19(26)20(22-18-8-11-21-24(18)3)9-12-25(13-10-20)15-16-6-5-7-17(14-16)27-4/h5-8,11,14,22H,9-10,12-13,15H2,1-4H3. The first kappa shape index (κ1) is 19.2. The smallest absolute Gasteiger partial charge is 0.247 e. The highest BCUT2D eigenvalue weighted by Crippen LogP contribution is 2.29. The summed E-state index contributed by atoms with van der Waals surface area (Å²) in [5.74, 6) is 1.86. The molecule has 0 radical (unpaired) electrons. The number of hydrogen-bond donors (Lipinski definition) is 1. The maximum Gasteiger partial charge on any atom is 0.247 e. The highest BCUT2D eigenvalue weighted by Gasteiger charge is 2.42. The molecule has 1 saturated heterocycles. The van der Waals surface area contributed by atoms with Gasteiger partial charge in [0.1, 0.15) is 17.1 Å². The molecule has 0 atom stereocenters. The van der Waals surface area contributed by atoms with Gasteiger partial charge in [0, 0.05) is 46.8 Å². The van der Waals surface area contributed by atoms with Gasteiger partial charge in [0.25, 0.3) is 0 Å². The lowest BCUT2D eigenvalue weighted by molar-refractivity contribution is -0.135. The third kappa shape index (κ3) is 4.24. The van der Waals surface area contributed by atoms with E-state index in [-0.39, 0.29) is 5.91 Å². The molecule has 0 spiro atoms. The van der Waals surface area contributed by atoms with Gasteiger partial charge in [0.15, 0.2) is 0 Å². The quantitative estimate of drug-likeness (QED) is 0.841. The minimum atomic E-state index is -0.595. The van der Waals surface area contributed by atoms with Crippen LogP contribution in [0.3, 0.4) is 0 Å². The molecule has 1 aliphatic heterocycles. The van der Waals surface area contributed by atoms with E-state index < -0.39 is 5.54 Å². The Labute approximate surface area is 160 Å². The molecule has 1 aromatic carbocycles. The maximum absolute atomic E-state index is 13.0. The normalized spacial score (nSPS) is 16.7. The number of anilines is 1. The summed E-state index contributed by atoms with van der Waals surface area (Å²) in [6, 6.07) is 10.1. The Hall–Kier alpha value is -2.54.